The predicted molar refractivity (Wildman–Crippen MR) is 168 cm³/mol. The molecule has 1 amide bonds. The van der Waals surface area contributed by atoms with E-state index in [-0.39, 0.29) is 44.8 Å². The number of amides is 1. The monoisotopic (exact) mass is 725 g/mol. The molecule has 18 atom stereocenters. The summed E-state index contributed by atoms with van der Waals surface area (Å²) < 4.78 is 35.7. The normalized spacial score (nSPS) is 51.3. The van der Waals surface area contributed by atoms with Crippen LogP contribution in [0.1, 0.15) is 25.7 Å². The second-order valence-corrected chi connectivity index (χ2v) is 14.1. The van der Waals surface area contributed by atoms with E-state index in [2.05, 4.69) is 10.6 Å². The Hall–Kier alpha value is -1.29. The molecule has 21 heteroatoms. The molecule has 19 N–H and O–H groups in total. The molecular formula is C29H55N7O14. The van der Waals surface area contributed by atoms with Crippen molar-refractivity contribution in [1.29, 1.82) is 0 Å². The molecule has 5 fully saturated rings. The molecule has 2 saturated carbocycles. The first kappa shape index (κ1) is 39.9. The van der Waals surface area contributed by atoms with Crippen molar-refractivity contribution in [3.8, 4) is 0 Å². The molecule has 3 aliphatic heterocycles. The first-order chi connectivity index (χ1) is 23.6. The summed E-state index contributed by atoms with van der Waals surface area (Å²) in [6.45, 7) is -0.590. The van der Waals surface area contributed by atoms with Crippen LogP contribution < -0.4 is 39.3 Å². The largest absolute Gasteiger partial charge is 0.394 e. The second-order valence-electron chi connectivity index (χ2n) is 14.1. The lowest BCUT2D eigenvalue weighted by Crippen LogP contribution is -2.69. The average molecular weight is 726 g/mol. The molecule has 2 aliphatic carbocycles. The van der Waals surface area contributed by atoms with Gasteiger partial charge in [-0.05, 0) is 19.9 Å². The van der Waals surface area contributed by atoms with Gasteiger partial charge in [0.15, 0.2) is 18.9 Å². The summed E-state index contributed by atoms with van der Waals surface area (Å²) in [6, 6.07) is -4.47. The van der Waals surface area contributed by atoms with Crippen LogP contribution >= 0.6 is 0 Å². The number of hydrogen-bond donors (Lipinski definition) is 14. The number of likely N-dealkylation sites (N-methyl/N-ethyl adjacent to an activating group) is 1. The molecule has 0 aromatic carbocycles. The number of rotatable bonds is 12. The third-order valence-corrected chi connectivity index (χ3v) is 10.3. The predicted octanol–water partition coefficient (Wildman–Crippen LogP) is -8.60. The van der Waals surface area contributed by atoms with E-state index < -0.39 is 128 Å². The van der Waals surface area contributed by atoms with E-state index in [1.165, 1.54) is 0 Å². The van der Waals surface area contributed by atoms with Gasteiger partial charge in [-0.2, -0.15) is 0 Å². The highest BCUT2D eigenvalue weighted by Crippen LogP contribution is 2.36. The van der Waals surface area contributed by atoms with Crippen LogP contribution in [0.3, 0.4) is 0 Å². The lowest BCUT2D eigenvalue weighted by Gasteiger charge is -2.48. The van der Waals surface area contributed by atoms with Gasteiger partial charge >= 0.3 is 0 Å². The molecule has 50 heavy (non-hydrogen) atoms. The van der Waals surface area contributed by atoms with Crippen molar-refractivity contribution in [2.24, 2.45) is 28.7 Å². The molecule has 0 aromatic heterocycles. The van der Waals surface area contributed by atoms with Gasteiger partial charge in [0, 0.05) is 38.0 Å². The molecule has 0 spiro atoms. The van der Waals surface area contributed by atoms with Crippen molar-refractivity contribution in [3.05, 3.63) is 0 Å². The fourth-order valence-electron chi connectivity index (χ4n) is 7.30. The summed E-state index contributed by atoms with van der Waals surface area (Å²) in [5, 5.41) is 80.5. The average Bonchev–Trinajstić information content (AvgIpc) is 3.35. The minimum atomic E-state index is -1.73. The third-order valence-electron chi connectivity index (χ3n) is 10.3. The number of aliphatic hydroxyl groups is 7. The zero-order valence-electron chi connectivity index (χ0n) is 27.8. The molecule has 5 aliphatic rings. The van der Waals surface area contributed by atoms with Crippen molar-refractivity contribution >= 4 is 5.91 Å². The maximum absolute atomic E-state index is 13.0. The Labute approximate surface area is 288 Å². The number of nitrogens with one attached hydrogen (secondary N) is 2. The van der Waals surface area contributed by atoms with E-state index in [0.29, 0.717) is 0 Å². The Morgan fingerprint density at radius 1 is 0.780 bits per heavy atom. The van der Waals surface area contributed by atoms with Gasteiger partial charge in [0.25, 0.3) is 5.91 Å². The molecule has 5 rings (SSSR count). The minimum Gasteiger partial charge on any atom is -0.394 e. The molecule has 0 aromatic rings. The molecular weight excluding hydrogens is 670 g/mol. The fraction of sp³-hybridized carbons (Fsp3) is 0.966. The number of nitrogens with two attached hydrogens (primary N) is 5. The van der Waals surface area contributed by atoms with Gasteiger partial charge in [0.2, 0.25) is 0 Å². The zero-order chi connectivity index (χ0) is 36.7. The summed E-state index contributed by atoms with van der Waals surface area (Å²) >= 11 is 0. The lowest BCUT2D eigenvalue weighted by atomic mass is 9.75. The quantitative estimate of drug-likeness (QED) is 0.0888. The molecule has 0 radical (unpaired) electrons. The van der Waals surface area contributed by atoms with Crippen LogP contribution in [0.4, 0.5) is 0 Å². The van der Waals surface area contributed by atoms with Crippen molar-refractivity contribution < 1.29 is 69.0 Å². The minimum absolute atomic E-state index is 0.0261. The molecule has 3 heterocycles. The smallest absolute Gasteiger partial charge is 0.252 e. The van der Waals surface area contributed by atoms with Crippen LogP contribution in [-0.4, -0.2) is 190 Å². The van der Waals surface area contributed by atoms with Gasteiger partial charge in [0.1, 0.15) is 60.5 Å². The van der Waals surface area contributed by atoms with Crippen LogP contribution in [0.2, 0.25) is 0 Å². The Balaban J connectivity index is 1.35. The van der Waals surface area contributed by atoms with Gasteiger partial charge in [-0.15, -0.1) is 0 Å². The zero-order valence-corrected chi connectivity index (χ0v) is 27.8. The standard InChI is InChI=1S/C29H55N7O14/c1-35-7-15-13(38)3-11(33)25(46-15)48-22-10(32)2-12(36-28(43)29(44)4-9(31)5-29)18(39)24(22)50-27-21(42)23(16(8-37)47-27)49-26-17(34)20(41)19(40)14(6-30)45-26/h9-27,35,37-42,44H,2-8,30-34H2,1H3,(H,36,43)/t9?,10-,11+,12+,13-,14-,15+,16+,17+,18-,19+,20+,21+,22+,23+,24+,25+,26+,27-,29?/m0/s1. The first-order valence-corrected chi connectivity index (χ1v) is 17.0. The van der Waals surface area contributed by atoms with E-state index in [4.69, 9.17) is 57.1 Å². The van der Waals surface area contributed by atoms with Crippen LogP contribution in [-0.2, 0) is 33.2 Å². The van der Waals surface area contributed by atoms with E-state index in [9.17, 15) is 40.5 Å². The van der Waals surface area contributed by atoms with Crippen LogP contribution in [0.5, 0.6) is 0 Å². The number of hydrogen-bond acceptors (Lipinski definition) is 20. The fourth-order valence-corrected chi connectivity index (χ4v) is 7.30. The summed E-state index contributed by atoms with van der Waals surface area (Å²) in [7, 11) is 1.68. The highest BCUT2D eigenvalue weighted by molar-refractivity contribution is 5.86. The van der Waals surface area contributed by atoms with E-state index in [1.807, 2.05) is 0 Å². The topological polar surface area (TPSA) is 368 Å². The van der Waals surface area contributed by atoms with Crippen LogP contribution in [0.25, 0.3) is 0 Å². The Kier molecular flexibility index (Phi) is 13.1. The maximum Gasteiger partial charge on any atom is 0.252 e. The van der Waals surface area contributed by atoms with Gasteiger partial charge in [-0.1, -0.05) is 0 Å². The molecule has 0 bridgehead atoms. The first-order valence-electron chi connectivity index (χ1n) is 17.0. The van der Waals surface area contributed by atoms with Crippen LogP contribution in [0.15, 0.2) is 0 Å². The van der Waals surface area contributed by atoms with Crippen molar-refractivity contribution in [1.82, 2.24) is 10.6 Å². The SMILES string of the molecule is CNC[C@H]1O[C@H](O[C@H]2[C@H](O[C@@H]3O[C@H](CO)[C@@H](O[C@H]4O[C@@H](CN)[C@@H](O)[C@H](O)[C@H]4N)[C@H]3O)[C@@H](O)[C@H](NC(=O)C3(O)CC(N)C3)C[C@@H]2N)[C@H](N)C[C@@H]1O. The number of ether oxygens (including phenoxy) is 6. The summed E-state index contributed by atoms with van der Waals surface area (Å²) in [5.74, 6) is -0.757. The van der Waals surface area contributed by atoms with Crippen LogP contribution in [0, 0.1) is 0 Å². The van der Waals surface area contributed by atoms with Gasteiger partial charge in [-0.25, -0.2) is 0 Å². The summed E-state index contributed by atoms with van der Waals surface area (Å²) in [6.07, 6.45) is -17.9. The van der Waals surface area contributed by atoms with E-state index >= 15 is 0 Å². The van der Waals surface area contributed by atoms with Gasteiger partial charge < -0.3 is 103 Å². The highest BCUT2D eigenvalue weighted by atomic mass is 16.8. The number of carbonyl (C=O) groups excluding carboxylic acids is 1. The third kappa shape index (κ3) is 8.11. The number of carbonyl (C=O) groups is 1. The molecule has 290 valence electrons. The molecule has 21 nitrogen and oxygen atoms in total. The number of aliphatic hydroxyl groups excluding tert-OH is 6. The summed E-state index contributed by atoms with van der Waals surface area (Å²) in [5.41, 5.74) is 28.6. The van der Waals surface area contributed by atoms with Gasteiger partial charge in [-0.3, -0.25) is 4.79 Å². The molecule has 3 saturated heterocycles. The lowest BCUT2D eigenvalue weighted by molar-refractivity contribution is -0.296. The van der Waals surface area contributed by atoms with Crippen molar-refractivity contribution in [2.75, 3.05) is 26.7 Å². The van der Waals surface area contributed by atoms with E-state index in [0.717, 1.165) is 0 Å². The second kappa shape index (κ2) is 16.4. The van der Waals surface area contributed by atoms with Crippen molar-refractivity contribution in [2.45, 2.75) is 148 Å². The Morgan fingerprint density at radius 2 is 1.40 bits per heavy atom. The van der Waals surface area contributed by atoms with E-state index in [1.54, 1.807) is 7.05 Å². The Bertz CT molecular complexity index is 1130. The maximum atomic E-state index is 13.0. The van der Waals surface area contributed by atoms with Gasteiger partial charge in [0.05, 0.1) is 36.9 Å². The Morgan fingerprint density at radius 3 is 2.02 bits per heavy atom. The summed E-state index contributed by atoms with van der Waals surface area (Å²) in [4.78, 5) is 13.0. The molecule has 0 unspecified atom stereocenters. The van der Waals surface area contributed by atoms with Crippen molar-refractivity contribution in [3.63, 3.8) is 0 Å². The highest BCUT2D eigenvalue weighted by Gasteiger charge is 2.55.